The monoisotopic (exact) mass is 471 g/mol. The minimum Gasteiger partial charge on any atom is -0.497 e. The zero-order valence-electron chi connectivity index (χ0n) is 18.7. The van der Waals surface area contributed by atoms with Crippen LogP contribution in [0.3, 0.4) is 0 Å². The second-order valence-electron chi connectivity index (χ2n) is 8.44. The van der Waals surface area contributed by atoms with Gasteiger partial charge >= 0.3 is 0 Å². The van der Waals surface area contributed by atoms with E-state index < -0.39 is 15.9 Å². The molecule has 2 amide bonds. The molecule has 0 aliphatic carbocycles. The van der Waals surface area contributed by atoms with Gasteiger partial charge in [0.2, 0.25) is 21.8 Å². The lowest BCUT2D eigenvalue weighted by Crippen LogP contribution is -2.32. The Kier molecular flexibility index (Phi) is 6.99. The number of hydrogen-bond acceptors (Lipinski definition) is 5. The third kappa shape index (κ3) is 5.20. The topological polar surface area (TPSA) is 96.0 Å². The SMILES string of the molecule is COc1ccc(N2C[C@@H](C(=O)Nc3ccc(S(=O)(=O)N4CCCCCC4)cc3)CC2=O)cc1. The highest BCUT2D eigenvalue weighted by Crippen LogP contribution is 2.28. The van der Waals surface area contributed by atoms with Crippen LogP contribution in [0.2, 0.25) is 0 Å². The molecule has 0 saturated carbocycles. The van der Waals surface area contributed by atoms with Crippen molar-refractivity contribution in [2.75, 3.05) is 37.0 Å². The molecule has 33 heavy (non-hydrogen) atoms. The normalized spacial score (nSPS) is 19.8. The molecule has 2 aromatic rings. The Morgan fingerprint density at radius 3 is 2.21 bits per heavy atom. The molecule has 0 bridgehead atoms. The van der Waals surface area contributed by atoms with E-state index >= 15 is 0 Å². The number of carbonyl (C=O) groups excluding carboxylic acids is 2. The van der Waals surface area contributed by atoms with Gasteiger partial charge in [-0.15, -0.1) is 0 Å². The van der Waals surface area contributed by atoms with Crippen molar-refractivity contribution in [3.8, 4) is 5.75 Å². The quantitative estimate of drug-likeness (QED) is 0.698. The standard InChI is InChI=1S/C24H29N3O5S/c1-32-21-10-8-20(9-11-21)27-17-18(16-23(27)28)24(29)25-19-6-12-22(13-7-19)33(30,31)26-14-4-2-3-5-15-26/h6-13,18H,2-5,14-17H2,1H3,(H,25,29)/t18-/m0/s1. The van der Waals surface area contributed by atoms with E-state index in [2.05, 4.69) is 5.32 Å². The smallest absolute Gasteiger partial charge is 0.243 e. The lowest BCUT2D eigenvalue weighted by Gasteiger charge is -2.20. The zero-order valence-corrected chi connectivity index (χ0v) is 19.5. The molecular weight excluding hydrogens is 442 g/mol. The molecule has 4 rings (SSSR count). The van der Waals surface area contributed by atoms with Crippen LogP contribution in [0.4, 0.5) is 11.4 Å². The summed E-state index contributed by atoms with van der Waals surface area (Å²) in [6.07, 6.45) is 3.98. The van der Waals surface area contributed by atoms with E-state index in [-0.39, 0.29) is 23.1 Å². The Morgan fingerprint density at radius 1 is 0.970 bits per heavy atom. The molecule has 2 saturated heterocycles. The minimum absolute atomic E-state index is 0.112. The summed E-state index contributed by atoms with van der Waals surface area (Å²) in [6.45, 7) is 1.38. The van der Waals surface area contributed by atoms with Crippen LogP contribution in [-0.4, -0.2) is 51.3 Å². The van der Waals surface area contributed by atoms with Crippen molar-refractivity contribution in [2.45, 2.75) is 37.0 Å². The van der Waals surface area contributed by atoms with Gasteiger partial charge in [0.1, 0.15) is 5.75 Å². The number of nitrogens with zero attached hydrogens (tertiary/aromatic N) is 2. The number of ether oxygens (including phenoxy) is 1. The van der Waals surface area contributed by atoms with Gasteiger partial charge in [-0.3, -0.25) is 9.59 Å². The van der Waals surface area contributed by atoms with E-state index in [9.17, 15) is 18.0 Å². The van der Waals surface area contributed by atoms with Crippen LogP contribution in [0, 0.1) is 5.92 Å². The first kappa shape index (κ1) is 23.3. The highest BCUT2D eigenvalue weighted by Gasteiger charge is 2.35. The van der Waals surface area contributed by atoms with Crippen LogP contribution in [0.1, 0.15) is 32.1 Å². The molecule has 0 aromatic heterocycles. The van der Waals surface area contributed by atoms with Gasteiger partial charge < -0.3 is 15.0 Å². The molecule has 1 atom stereocenters. The van der Waals surface area contributed by atoms with Gasteiger partial charge in [0.25, 0.3) is 0 Å². The molecule has 8 nitrogen and oxygen atoms in total. The van der Waals surface area contributed by atoms with Crippen LogP contribution in [-0.2, 0) is 19.6 Å². The fourth-order valence-corrected chi connectivity index (χ4v) is 5.80. The van der Waals surface area contributed by atoms with Gasteiger partial charge in [-0.1, -0.05) is 12.8 Å². The third-order valence-electron chi connectivity index (χ3n) is 6.20. The van der Waals surface area contributed by atoms with Crippen molar-refractivity contribution in [1.29, 1.82) is 0 Å². The molecular formula is C24H29N3O5S. The lowest BCUT2D eigenvalue weighted by molar-refractivity contribution is -0.122. The molecule has 0 spiro atoms. The van der Waals surface area contributed by atoms with Gasteiger partial charge in [-0.2, -0.15) is 4.31 Å². The maximum atomic E-state index is 12.9. The molecule has 2 aliphatic heterocycles. The van der Waals surface area contributed by atoms with Crippen LogP contribution in [0.5, 0.6) is 5.75 Å². The highest BCUT2D eigenvalue weighted by molar-refractivity contribution is 7.89. The first-order chi connectivity index (χ1) is 15.9. The summed E-state index contributed by atoms with van der Waals surface area (Å²) in [5.41, 5.74) is 1.23. The minimum atomic E-state index is -3.54. The summed E-state index contributed by atoms with van der Waals surface area (Å²) in [5, 5.41) is 2.82. The Bertz CT molecular complexity index is 1090. The summed E-state index contributed by atoms with van der Waals surface area (Å²) in [7, 11) is -1.96. The van der Waals surface area contributed by atoms with Crippen molar-refractivity contribution in [3.05, 3.63) is 48.5 Å². The Morgan fingerprint density at radius 2 is 1.61 bits per heavy atom. The van der Waals surface area contributed by atoms with E-state index in [1.807, 2.05) is 0 Å². The number of rotatable bonds is 6. The second-order valence-corrected chi connectivity index (χ2v) is 10.4. The molecule has 176 valence electrons. The van der Waals surface area contributed by atoms with E-state index in [1.165, 1.54) is 12.1 Å². The van der Waals surface area contributed by atoms with Gasteiger partial charge in [-0.05, 0) is 61.4 Å². The first-order valence-corrected chi connectivity index (χ1v) is 12.7. The maximum absolute atomic E-state index is 12.9. The first-order valence-electron chi connectivity index (χ1n) is 11.2. The van der Waals surface area contributed by atoms with Crippen molar-refractivity contribution < 1.29 is 22.7 Å². The van der Waals surface area contributed by atoms with Crippen molar-refractivity contribution in [3.63, 3.8) is 0 Å². The fraction of sp³-hybridized carbons (Fsp3) is 0.417. The van der Waals surface area contributed by atoms with E-state index in [0.29, 0.717) is 31.1 Å². The average Bonchev–Trinajstić information content (AvgIpc) is 3.02. The fourth-order valence-electron chi connectivity index (χ4n) is 4.28. The molecule has 0 unspecified atom stereocenters. The summed E-state index contributed by atoms with van der Waals surface area (Å²) in [6, 6.07) is 13.4. The molecule has 2 fully saturated rings. The molecule has 2 aliphatic rings. The summed E-state index contributed by atoms with van der Waals surface area (Å²) < 4.78 is 32.5. The van der Waals surface area contributed by atoms with Gasteiger partial charge in [0.15, 0.2) is 0 Å². The number of hydrogen-bond donors (Lipinski definition) is 1. The van der Waals surface area contributed by atoms with Crippen molar-refractivity contribution >= 4 is 33.2 Å². The molecule has 9 heteroatoms. The average molecular weight is 472 g/mol. The second kappa shape index (κ2) is 9.93. The number of sulfonamides is 1. The molecule has 2 aromatic carbocycles. The van der Waals surface area contributed by atoms with Crippen molar-refractivity contribution in [1.82, 2.24) is 4.31 Å². The third-order valence-corrected chi connectivity index (χ3v) is 8.12. The van der Waals surface area contributed by atoms with Crippen molar-refractivity contribution in [2.24, 2.45) is 5.92 Å². The van der Waals surface area contributed by atoms with Gasteiger partial charge in [0, 0.05) is 37.4 Å². The molecule has 2 heterocycles. The van der Waals surface area contributed by atoms with Crippen LogP contribution >= 0.6 is 0 Å². The zero-order chi connectivity index (χ0) is 23.4. The van der Waals surface area contributed by atoms with E-state index in [0.717, 1.165) is 31.4 Å². The lowest BCUT2D eigenvalue weighted by atomic mass is 10.1. The van der Waals surface area contributed by atoms with E-state index in [1.54, 1.807) is 52.7 Å². The summed E-state index contributed by atoms with van der Waals surface area (Å²) in [4.78, 5) is 27.1. The predicted molar refractivity (Wildman–Crippen MR) is 126 cm³/mol. The summed E-state index contributed by atoms with van der Waals surface area (Å²) in [5.74, 6) is -0.164. The van der Waals surface area contributed by atoms with Crippen LogP contribution < -0.4 is 15.0 Å². The number of benzene rings is 2. The molecule has 0 radical (unpaired) electrons. The highest BCUT2D eigenvalue weighted by atomic mass is 32.2. The van der Waals surface area contributed by atoms with Gasteiger partial charge in [0.05, 0.1) is 17.9 Å². The molecule has 1 N–H and O–H groups in total. The number of nitrogens with one attached hydrogen (secondary N) is 1. The maximum Gasteiger partial charge on any atom is 0.243 e. The Balaban J connectivity index is 1.39. The van der Waals surface area contributed by atoms with E-state index in [4.69, 9.17) is 4.74 Å². The Labute approximate surface area is 194 Å². The number of amides is 2. The largest absolute Gasteiger partial charge is 0.497 e. The Hall–Kier alpha value is -2.91. The van der Waals surface area contributed by atoms with Crippen LogP contribution in [0.25, 0.3) is 0 Å². The number of anilines is 2. The number of methoxy groups -OCH3 is 1. The van der Waals surface area contributed by atoms with Gasteiger partial charge in [-0.25, -0.2) is 8.42 Å². The number of carbonyl (C=O) groups is 2. The summed E-state index contributed by atoms with van der Waals surface area (Å²) >= 11 is 0. The predicted octanol–water partition coefficient (Wildman–Crippen LogP) is 3.25. The van der Waals surface area contributed by atoms with Crippen LogP contribution in [0.15, 0.2) is 53.4 Å².